The zero-order chi connectivity index (χ0) is 28.5. The lowest BCUT2D eigenvalue weighted by Crippen LogP contribution is -2.46. The molecular formula is C28H29N7O5S. The van der Waals surface area contributed by atoms with Crippen LogP contribution in [0.2, 0.25) is 0 Å². The maximum Gasteiger partial charge on any atom is 0.253 e. The first kappa shape index (κ1) is 25.8. The lowest BCUT2D eigenvalue weighted by atomic mass is 9.93. The second-order valence-electron chi connectivity index (χ2n) is 11.0. The zero-order valence-corrected chi connectivity index (χ0v) is 23.4. The number of aryl methyl sites for hydroxylation is 1. The second-order valence-corrected chi connectivity index (χ2v) is 12.8. The number of nitrogens with zero attached hydrogens (tertiary/aromatic N) is 4. The van der Waals surface area contributed by atoms with Crippen LogP contribution in [0.5, 0.6) is 0 Å². The summed E-state index contributed by atoms with van der Waals surface area (Å²) in [5, 5.41) is 15.2. The number of hydrogen-bond donors (Lipinski definition) is 3. The number of aromatic nitrogens is 5. The predicted octanol–water partition coefficient (Wildman–Crippen LogP) is 2.54. The molecule has 5 aromatic rings. The third-order valence-corrected chi connectivity index (χ3v) is 10.3. The van der Waals surface area contributed by atoms with Crippen LogP contribution in [0.1, 0.15) is 43.5 Å². The summed E-state index contributed by atoms with van der Waals surface area (Å²) in [7, 11) is -4.00. The van der Waals surface area contributed by atoms with Crippen molar-refractivity contribution in [2.24, 2.45) is 5.92 Å². The van der Waals surface area contributed by atoms with E-state index in [1.54, 1.807) is 41.8 Å². The highest BCUT2D eigenvalue weighted by molar-refractivity contribution is 7.91. The number of aromatic amines is 1. The van der Waals surface area contributed by atoms with Crippen LogP contribution < -0.4 is 21.5 Å². The van der Waals surface area contributed by atoms with E-state index in [-0.39, 0.29) is 39.5 Å². The van der Waals surface area contributed by atoms with Crippen molar-refractivity contribution >= 4 is 38.0 Å². The number of ether oxygens (including phenoxy) is 1. The van der Waals surface area contributed by atoms with E-state index in [1.165, 1.54) is 0 Å². The van der Waals surface area contributed by atoms with Gasteiger partial charge in [0.25, 0.3) is 10.9 Å². The maximum absolute atomic E-state index is 13.8. The Bertz CT molecular complexity index is 1980. The van der Waals surface area contributed by atoms with Crippen LogP contribution in [0.3, 0.4) is 0 Å². The summed E-state index contributed by atoms with van der Waals surface area (Å²) in [5.41, 5.74) is 1.55. The van der Waals surface area contributed by atoms with Gasteiger partial charge in [-0.15, -0.1) is 10.2 Å². The molecule has 0 bridgehead atoms. The van der Waals surface area contributed by atoms with Gasteiger partial charge in [-0.3, -0.25) is 14.0 Å². The Morgan fingerprint density at radius 1 is 1.02 bits per heavy atom. The van der Waals surface area contributed by atoms with Crippen molar-refractivity contribution in [2.75, 3.05) is 23.8 Å². The first-order valence-electron chi connectivity index (χ1n) is 13.7. The summed E-state index contributed by atoms with van der Waals surface area (Å²) in [6.07, 6.45) is 3.97. The molecule has 2 aliphatic rings. The highest BCUT2D eigenvalue weighted by Crippen LogP contribution is 2.43. The molecule has 2 fully saturated rings. The quantitative estimate of drug-likeness (QED) is 0.235. The first-order valence-corrected chi connectivity index (χ1v) is 15.2. The fourth-order valence-electron chi connectivity index (χ4n) is 6.23. The normalized spacial score (nSPS) is 21.6. The highest BCUT2D eigenvalue weighted by Gasteiger charge is 2.40. The Morgan fingerprint density at radius 2 is 1.76 bits per heavy atom. The average molecular weight is 576 g/mol. The van der Waals surface area contributed by atoms with Gasteiger partial charge in [0.2, 0.25) is 14.9 Å². The summed E-state index contributed by atoms with van der Waals surface area (Å²) < 4.78 is 34.7. The van der Waals surface area contributed by atoms with Crippen LogP contribution in [0.25, 0.3) is 16.8 Å². The number of hydrogen-bond acceptors (Lipinski definition) is 10. The molecule has 1 aliphatic heterocycles. The largest absolute Gasteiger partial charge is 0.377 e. The Morgan fingerprint density at radius 3 is 2.44 bits per heavy atom. The minimum atomic E-state index is -4.00. The molecule has 212 valence electrons. The van der Waals surface area contributed by atoms with Gasteiger partial charge in [-0.25, -0.2) is 13.4 Å². The van der Waals surface area contributed by atoms with Crippen molar-refractivity contribution in [3.8, 4) is 0 Å². The molecule has 1 saturated heterocycles. The van der Waals surface area contributed by atoms with Gasteiger partial charge in [-0.2, -0.15) is 0 Å². The molecule has 7 rings (SSSR count). The Kier molecular flexibility index (Phi) is 5.98. The van der Waals surface area contributed by atoms with E-state index < -0.39 is 20.7 Å². The van der Waals surface area contributed by atoms with Crippen LogP contribution >= 0.6 is 0 Å². The standard InChI is InChI=1S/C28H29N7O5S/c1-3-15-10-16(30-21-22(24(37)23(21)36)31-17-12-40-13-17)11-18(15)26-33-34-27-28(32-25-19(35(26)27)8-9-29-25)41(38,39)20-7-5-4-6-14(20)2/h4-9,15-18,29-31H,3,10-13H2,1-2H3/t15-,16+,18+/m1/s1. The van der Waals surface area contributed by atoms with E-state index in [0.717, 1.165) is 12.8 Å². The molecule has 13 heteroatoms. The second kappa shape index (κ2) is 9.48. The van der Waals surface area contributed by atoms with Gasteiger partial charge < -0.3 is 20.4 Å². The van der Waals surface area contributed by atoms with Gasteiger partial charge in [0.05, 0.1) is 29.7 Å². The predicted molar refractivity (Wildman–Crippen MR) is 152 cm³/mol. The number of nitrogens with one attached hydrogen (secondary N) is 3. The molecule has 1 saturated carbocycles. The summed E-state index contributed by atoms with van der Waals surface area (Å²) in [6.45, 7) is 4.86. The number of H-pyrrole nitrogens is 1. The molecular weight excluding hydrogens is 546 g/mol. The highest BCUT2D eigenvalue weighted by atomic mass is 32.2. The third-order valence-electron chi connectivity index (χ3n) is 8.47. The Balaban J connectivity index is 1.27. The number of rotatable bonds is 8. The molecule has 0 unspecified atom stereocenters. The Labute approximate surface area is 234 Å². The number of fused-ring (bicyclic) bond motifs is 3. The van der Waals surface area contributed by atoms with E-state index in [1.807, 2.05) is 6.07 Å². The minimum absolute atomic E-state index is 0.0310. The fraction of sp³-hybridized carbons (Fsp3) is 0.393. The summed E-state index contributed by atoms with van der Waals surface area (Å²) in [5.74, 6) is 0.783. The molecule has 3 aromatic heterocycles. The smallest absolute Gasteiger partial charge is 0.253 e. The van der Waals surface area contributed by atoms with Gasteiger partial charge in [0, 0.05) is 18.2 Å². The summed E-state index contributed by atoms with van der Waals surface area (Å²) in [4.78, 5) is 32.4. The minimum Gasteiger partial charge on any atom is -0.377 e. The molecule has 3 atom stereocenters. The van der Waals surface area contributed by atoms with Gasteiger partial charge in [-0.1, -0.05) is 31.5 Å². The van der Waals surface area contributed by atoms with E-state index in [4.69, 9.17) is 4.74 Å². The Hall–Kier alpha value is -4.10. The van der Waals surface area contributed by atoms with Crippen molar-refractivity contribution in [2.45, 2.75) is 61.0 Å². The van der Waals surface area contributed by atoms with Gasteiger partial charge in [-0.05, 0) is 43.4 Å². The van der Waals surface area contributed by atoms with Crippen LogP contribution in [0.4, 0.5) is 11.4 Å². The van der Waals surface area contributed by atoms with Crippen molar-refractivity contribution in [3.05, 3.63) is 68.4 Å². The van der Waals surface area contributed by atoms with E-state index >= 15 is 0 Å². The molecule has 0 radical (unpaired) electrons. The summed E-state index contributed by atoms with van der Waals surface area (Å²) in [6, 6.07) is 8.60. The molecule has 0 amide bonds. The molecule has 41 heavy (non-hydrogen) atoms. The van der Waals surface area contributed by atoms with Crippen molar-refractivity contribution in [1.82, 2.24) is 24.6 Å². The van der Waals surface area contributed by atoms with E-state index in [9.17, 15) is 18.0 Å². The van der Waals surface area contributed by atoms with E-state index in [2.05, 4.69) is 37.7 Å². The van der Waals surface area contributed by atoms with Crippen molar-refractivity contribution < 1.29 is 13.2 Å². The van der Waals surface area contributed by atoms with Crippen molar-refractivity contribution in [3.63, 3.8) is 0 Å². The van der Waals surface area contributed by atoms with Gasteiger partial charge in [0.15, 0.2) is 11.3 Å². The first-order chi connectivity index (χ1) is 19.8. The zero-order valence-electron chi connectivity index (χ0n) is 22.5. The molecule has 3 N–H and O–H groups in total. The van der Waals surface area contributed by atoms with Crippen LogP contribution in [-0.2, 0) is 14.6 Å². The lowest BCUT2D eigenvalue weighted by Gasteiger charge is -2.29. The monoisotopic (exact) mass is 575 g/mol. The molecule has 1 aliphatic carbocycles. The van der Waals surface area contributed by atoms with Crippen LogP contribution in [-0.4, -0.2) is 58.3 Å². The molecule has 4 heterocycles. The molecule has 12 nitrogen and oxygen atoms in total. The number of anilines is 2. The SMILES string of the molecule is CC[C@@H]1C[C@H](Nc2c(NC3COC3)c(=O)c2=O)C[C@@H]1c1nnc2c(S(=O)(=O)c3ccccc3C)nc3[nH]ccc3n12. The van der Waals surface area contributed by atoms with Gasteiger partial charge >= 0.3 is 0 Å². The maximum atomic E-state index is 13.8. The van der Waals surface area contributed by atoms with E-state index in [0.29, 0.717) is 53.6 Å². The fourth-order valence-corrected chi connectivity index (χ4v) is 7.78. The van der Waals surface area contributed by atoms with Crippen molar-refractivity contribution in [1.29, 1.82) is 0 Å². The topological polar surface area (TPSA) is 160 Å². The van der Waals surface area contributed by atoms with Gasteiger partial charge in [0.1, 0.15) is 17.2 Å². The van der Waals surface area contributed by atoms with Crippen LogP contribution in [0.15, 0.2) is 56.0 Å². The van der Waals surface area contributed by atoms with Crippen LogP contribution in [0, 0.1) is 12.8 Å². The number of benzene rings is 1. The lowest BCUT2D eigenvalue weighted by molar-refractivity contribution is 0.0210. The number of sulfone groups is 1. The third kappa shape index (κ3) is 3.97. The average Bonchev–Trinajstić information content (AvgIpc) is 3.68. The summed E-state index contributed by atoms with van der Waals surface area (Å²) >= 11 is 0. The molecule has 2 aromatic carbocycles. The molecule has 0 spiro atoms.